The average molecular weight is 257 g/mol. The van der Waals surface area contributed by atoms with E-state index in [1.165, 1.54) is 0 Å². The second-order valence-corrected chi connectivity index (χ2v) is 4.78. The van der Waals surface area contributed by atoms with Crippen LogP contribution in [0.5, 0.6) is 5.75 Å². The van der Waals surface area contributed by atoms with Crippen LogP contribution in [0, 0.1) is 0 Å². The third-order valence-corrected chi connectivity index (χ3v) is 2.90. The van der Waals surface area contributed by atoms with Crippen molar-refractivity contribution in [3.63, 3.8) is 0 Å². The summed E-state index contributed by atoms with van der Waals surface area (Å²) in [6.45, 7) is 4.50. The molecule has 0 spiro atoms. The molecule has 0 saturated heterocycles. The molecule has 4 heteroatoms. The average Bonchev–Trinajstić information content (AvgIpc) is 2.31. The van der Waals surface area contributed by atoms with Crippen molar-refractivity contribution in [2.45, 2.75) is 25.9 Å². The SMILES string of the molecule is COC(C)(C)CCOc1ccc(C=O)cc1Cl. The number of ether oxygens (including phenoxy) is 2. The van der Waals surface area contributed by atoms with Crippen molar-refractivity contribution in [2.24, 2.45) is 0 Å². The molecular formula is C13H17ClO3. The van der Waals surface area contributed by atoms with E-state index in [1.54, 1.807) is 25.3 Å². The summed E-state index contributed by atoms with van der Waals surface area (Å²) in [6, 6.07) is 4.97. The minimum Gasteiger partial charge on any atom is -0.492 e. The lowest BCUT2D eigenvalue weighted by Crippen LogP contribution is -2.25. The summed E-state index contributed by atoms with van der Waals surface area (Å²) < 4.78 is 10.8. The molecule has 0 bridgehead atoms. The zero-order chi connectivity index (χ0) is 12.9. The Hall–Kier alpha value is -1.06. The minimum atomic E-state index is -0.213. The first-order valence-corrected chi connectivity index (χ1v) is 5.79. The van der Waals surface area contributed by atoms with Crippen LogP contribution < -0.4 is 4.74 Å². The molecule has 1 rings (SSSR count). The molecule has 0 aliphatic rings. The number of carbonyl (C=O) groups excluding carboxylic acids is 1. The van der Waals surface area contributed by atoms with Gasteiger partial charge in [-0.1, -0.05) is 11.6 Å². The number of halogens is 1. The molecule has 0 fully saturated rings. The van der Waals surface area contributed by atoms with Crippen molar-refractivity contribution in [1.29, 1.82) is 0 Å². The summed E-state index contributed by atoms with van der Waals surface area (Å²) >= 11 is 5.98. The molecule has 0 aliphatic heterocycles. The highest BCUT2D eigenvalue weighted by Gasteiger charge is 2.16. The fourth-order valence-electron chi connectivity index (χ4n) is 1.22. The monoisotopic (exact) mass is 256 g/mol. The molecule has 17 heavy (non-hydrogen) atoms. The van der Waals surface area contributed by atoms with E-state index in [1.807, 2.05) is 13.8 Å². The lowest BCUT2D eigenvalue weighted by Gasteiger charge is -2.22. The lowest BCUT2D eigenvalue weighted by atomic mass is 10.1. The standard InChI is InChI=1S/C13H17ClO3/c1-13(2,16-3)6-7-17-12-5-4-10(9-15)8-11(12)14/h4-5,8-9H,6-7H2,1-3H3. The predicted molar refractivity (Wildman–Crippen MR) is 68.0 cm³/mol. The molecule has 0 atom stereocenters. The molecule has 0 heterocycles. The van der Waals surface area contributed by atoms with E-state index in [2.05, 4.69) is 0 Å². The van der Waals surface area contributed by atoms with Crippen LogP contribution in [0.15, 0.2) is 18.2 Å². The molecule has 0 amide bonds. The van der Waals surface area contributed by atoms with Gasteiger partial charge < -0.3 is 9.47 Å². The molecule has 0 radical (unpaired) electrons. The van der Waals surface area contributed by atoms with Crippen LogP contribution in [0.2, 0.25) is 5.02 Å². The Morgan fingerprint density at radius 2 is 2.12 bits per heavy atom. The second kappa shape index (κ2) is 6.03. The van der Waals surface area contributed by atoms with Crippen molar-refractivity contribution < 1.29 is 14.3 Å². The maximum Gasteiger partial charge on any atom is 0.150 e. The van der Waals surface area contributed by atoms with Gasteiger partial charge in [-0.2, -0.15) is 0 Å². The smallest absolute Gasteiger partial charge is 0.150 e. The van der Waals surface area contributed by atoms with E-state index in [0.717, 1.165) is 12.7 Å². The van der Waals surface area contributed by atoms with E-state index < -0.39 is 0 Å². The molecule has 0 N–H and O–H groups in total. The Morgan fingerprint density at radius 1 is 1.41 bits per heavy atom. The number of hydrogen-bond donors (Lipinski definition) is 0. The van der Waals surface area contributed by atoms with Crippen molar-refractivity contribution >= 4 is 17.9 Å². The minimum absolute atomic E-state index is 0.213. The molecule has 3 nitrogen and oxygen atoms in total. The molecule has 0 saturated carbocycles. The van der Waals surface area contributed by atoms with E-state index in [-0.39, 0.29) is 5.60 Å². The summed E-state index contributed by atoms with van der Waals surface area (Å²) in [4.78, 5) is 10.5. The first-order valence-electron chi connectivity index (χ1n) is 5.41. The second-order valence-electron chi connectivity index (χ2n) is 4.37. The highest BCUT2D eigenvalue weighted by atomic mass is 35.5. The van der Waals surface area contributed by atoms with Gasteiger partial charge in [0.1, 0.15) is 12.0 Å². The maximum atomic E-state index is 10.5. The summed E-state index contributed by atoms with van der Waals surface area (Å²) in [7, 11) is 1.67. The molecule has 1 aromatic rings. The van der Waals surface area contributed by atoms with Crippen LogP contribution in [0.1, 0.15) is 30.6 Å². The largest absolute Gasteiger partial charge is 0.492 e. The highest BCUT2D eigenvalue weighted by Crippen LogP contribution is 2.25. The summed E-state index contributed by atoms with van der Waals surface area (Å²) in [5.41, 5.74) is 0.328. The fraction of sp³-hybridized carbons (Fsp3) is 0.462. The van der Waals surface area contributed by atoms with Crippen molar-refractivity contribution in [3.8, 4) is 5.75 Å². The maximum absolute atomic E-state index is 10.5. The highest BCUT2D eigenvalue weighted by molar-refractivity contribution is 6.32. The Bertz CT molecular complexity index is 388. The Balaban J connectivity index is 2.55. The molecule has 0 aliphatic carbocycles. The van der Waals surface area contributed by atoms with Gasteiger partial charge in [-0.15, -0.1) is 0 Å². The van der Waals surface area contributed by atoms with Crippen LogP contribution in [0.3, 0.4) is 0 Å². The number of methoxy groups -OCH3 is 1. The van der Waals surface area contributed by atoms with Crippen LogP contribution in [-0.4, -0.2) is 25.6 Å². The normalized spacial score (nSPS) is 11.3. The molecule has 94 valence electrons. The van der Waals surface area contributed by atoms with Gasteiger partial charge in [0, 0.05) is 19.1 Å². The van der Waals surface area contributed by atoms with E-state index in [9.17, 15) is 4.79 Å². The van der Waals surface area contributed by atoms with Gasteiger partial charge in [-0.25, -0.2) is 0 Å². The summed E-state index contributed by atoms with van der Waals surface area (Å²) in [6.07, 6.45) is 1.51. The van der Waals surface area contributed by atoms with Crippen LogP contribution >= 0.6 is 11.6 Å². The zero-order valence-corrected chi connectivity index (χ0v) is 11.1. The molecular weight excluding hydrogens is 240 g/mol. The number of rotatable bonds is 6. The molecule has 1 aromatic carbocycles. The van der Waals surface area contributed by atoms with Crippen LogP contribution in [-0.2, 0) is 4.74 Å². The summed E-state index contributed by atoms with van der Waals surface area (Å²) in [5.74, 6) is 0.587. The molecule has 0 unspecified atom stereocenters. The number of carbonyl (C=O) groups is 1. The third kappa shape index (κ3) is 4.36. The van der Waals surface area contributed by atoms with Crippen molar-refractivity contribution in [3.05, 3.63) is 28.8 Å². The fourth-order valence-corrected chi connectivity index (χ4v) is 1.46. The first kappa shape index (κ1) is 14.0. The number of hydrogen-bond acceptors (Lipinski definition) is 3. The molecule has 0 aromatic heterocycles. The lowest BCUT2D eigenvalue weighted by molar-refractivity contribution is 0.00546. The van der Waals surface area contributed by atoms with Gasteiger partial charge in [-0.3, -0.25) is 4.79 Å². The van der Waals surface area contributed by atoms with E-state index in [0.29, 0.717) is 22.9 Å². The van der Waals surface area contributed by atoms with Crippen LogP contribution in [0.25, 0.3) is 0 Å². The van der Waals surface area contributed by atoms with Crippen molar-refractivity contribution in [1.82, 2.24) is 0 Å². The third-order valence-electron chi connectivity index (χ3n) is 2.61. The quantitative estimate of drug-likeness (QED) is 0.733. The van der Waals surface area contributed by atoms with Crippen molar-refractivity contribution in [2.75, 3.05) is 13.7 Å². The van der Waals surface area contributed by atoms with Gasteiger partial charge >= 0.3 is 0 Å². The van der Waals surface area contributed by atoms with Crippen LogP contribution in [0.4, 0.5) is 0 Å². The summed E-state index contributed by atoms with van der Waals surface area (Å²) in [5, 5.41) is 0.449. The van der Waals surface area contributed by atoms with Gasteiger partial charge in [0.2, 0.25) is 0 Å². The first-order chi connectivity index (χ1) is 7.98. The topological polar surface area (TPSA) is 35.5 Å². The Morgan fingerprint density at radius 3 is 2.65 bits per heavy atom. The predicted octanol–water partition coefficient (Wildman–Crippen LogP) is 3.35. The zero-order valence-electron chi connectivity index (χ0n) is 10.3. The number of aldehydes is 1. The van der Waals surface area contributed by atoms with Gasteiger partial charge in [-0.05, 0) is 32.0 Å². The Labute approximate surface area is 107 Å². The van der Waals surface area contributed by atoms with Gasteiger partial charge in [0.15, 0.2) is 0 Å². The van der Waals surface area contributed by atoms with E-state index >= 15 is 0 Å². The van der Waals surface area contributed by atoms with Gasteiger partial charge in [0.25, 0.3) is 0 Å². The van der Waals surface area contributed by atoms with E-state index in [4.69, 9.17) is 21.1 Å². The Kier molecular flexibility index (Phi) is 4.97. The number of benzene rings is 1. The van der Waals surface area contributed by atoms with Gasteiger partial charge in [0.05, 0.1) is 17.2 Å².